The van der Waals surface area contributed by atoms with E-state index in [1.165, 1.54) is 20.1 Å². The third-order valence-electron chi connectivity index (χ3n) is 0.904. The van der Waals surface area contributed by atoms with Gasteiger partial charge in [-0.3, -0.25) is 10.1 Å². The van der Waals surface area contributed by atoms with Crippen LogP contribution in [0.2, 0.25) is 0 Å². The van der Waals surface area contributed by atoms with Crippen molar-refractivity contribution in [3.63, 3.8) is 0 Å². The van der Waals surface area contributed by atoms with Crippen LogP contribution in [0.3, 0.4) is 0 Å². The van der Waals surface area contributed by atoms with E-state index in [9.17, 15) is 9.59 Å². The molecule has 0 aromatic rings. The molecule has 0 radical (unpaired) electrons. The topological polar surface area (TPSA) is 55.4 Å². The van der Waals surface area contributed by atoms with Crippen LogP contribution < -0.4 is 5.32 Å². The highest BCUT2D eigenvalue weighted by Gasteiger charge is 1.98. The molecule has 62 valence electrons. The van der Waals surface area contributed by atoms with Crippen molar-refractivity contribution in [3.8, 4) is 0 Å². The normalized spacial score (nSPS) is 10.6. The largest absolute Gasteiger partial charge is 0.453 e. The SMILES string of the molecule is COC(=O)N/C(C)=C\C(C)=O. The average Bonchev–Trinajstić information content (AvgIpc) is 1.85. The second-order valence-corrected chi connectivity index (χ2v) is 2.05. The fraction of sp³-hybridized carbons (Fsp3) is 0.429. The minimum absolute atomic E-state index is 0.112. The van der Waals surface area contributed by atoms with Gasteiger partial charge in [0.05, 0.1) is 7.11 Å². The van der Waals surface area contributed by atoms with Gasteiger partial charge in [0, 0.05) is 5.70 Å². The second-order valence-electron chi connectivity index (χ2n) is 2.05. The minimum atomic E-state index is -0.569. The summed E-state index contributed by atoms with van der Waals surface area (Å²) >= 11 is 0. The van der Waals surface area contributed by atoms with E-state index in [0.29, 0.717) is 5.70 Å². The number of alkyl carbamates (subject to hydrolysis) is 1. The van der Waals surface area contributed by atoms with E-state index >= 15 is 0 Å². The van der Waals surface area contributed by atoms with E-state index in [-0.39, 0.29) is 5.78 Å². The molecule has 0 aliphatic rings. The van der Waals surface area contributed by atoms with E-state index in [1.807, 2.05) is 0 Å². The molecular weight excluding hydrogens is 146 g/mol. The molecule has 4 heteroatoms. The number of hydrogen-bond acceptors (Lipinski definition) is 3. The third-order valence-corrected chi connectivity index (χ3v) is 0.904. The Morgan fingerprint density at radius 3 is 2.27 bits per heavy atom. The monoisotopic (exact) mass is 157 g/mol. The molecule has 0 unspecified atom stereocenters. The Hall–Kier alpha value is -1.32. The maximum atomic E-state index is 10.5. The first-order chi connectivity index (χ1) is 5.06. The van der Waals surface area contributed by atoms with Crippen molar-refractivity contribution in [1.82, 2.24) is 5.32 Å². The lowest BCUT2D eigenvalue weighted by Gasteiger charge is -2.01. The van der Waals surface area contributed by atoms with Crippen LogP contribution in [-0.2, 0) is 9.53 Å². The Morgan fingerprint density at radius 2 is 1.91 bits per heavy atom. The van der Waals surface area contributed by atoms with Gasteiger partial charge in [0.2, 0.25) is 0 Å². The summed E-state index contributed by atoms with van der Waals surface area (Å²) < 4.78 is 4.30. The molecule has 0 heterocycles. The maximum Gasteiger partial charge on any atom is 0.411 e. The van der Waals surface area contributed by atoms with Crippen LogP contribution in [0.25, 0.3) is 0 Å². The maximum absolute atomic E-state index is 10.5. The Labute approximate surface area is 65.2 Å². The molecule has 0 bridgehead atoms. The van der Waals surface area contributed by atoms with Crippen molar-refractivity contribution in [2.45, 2.75) is 13.8 Å². The number of ketones is 1. The minimum Gasteiger partial charge on any atom is -0.453 e. The Kier molecular flexibility index (Phi) is 3.95. The van der Waals surface area contributed by atoms with Crippen LogP contribution in [0.15, 0.2) is 11.8 Å². The fourth-order valence-corrected chi connectivity index (χ4v) is 0.553. The van der Waals surface area contributed by atoms with Gasteiger partial charge in [0.15, 0.2) is 5.78 Å². The Bertz CT molecular complexity index is 196. The zero-order valence-electron chi connectivity index (χ0n) is 6.80. The van der Waals surface area contributed by atoms with Crippen molar-refractivity contribution in [1.29, 1.82) is 0 Å². The standard InChI is InChI=1S/C7H11NO3/c1-5(4-6(2)9)8-7(10)11-3/h4H,1-3H3,(H,8,10)/b5-4-. The van der Waals surface area contributed by atoms with Crippen LogP contribution in [0.1, 0.15) is 13.8 Å². The number of allylic oxidation sites excluding steroid dienone is 2. The first-order valence-corrected chi connectivity index (χ1v) is 3.10. The molecule has 0 aromatic heterocycles. The molecule has 0 rings (SSSR count). The van der Waals surface area contributed by atoms with Gasteiger partial charge in [-0.1, -0.05) is 0 Å². The lowest BCUT2D eigenvalue weighted by molar-refractivity contribution is -0.112. The summed E-state index contributed by atoms with van der Waals surface area (Å²) in [4.78, 5) is 21.0. The molecule has 0 atom stereocenters. The Morgan fingerprint density at radius 1 is 1.36 bits per heavy atom. The molecule has 0 aromatic carbocycles. The molecule has 0 saturated carbocycles. The van der Waals surface area contributed by atoms with Crippen molar-refractivity contribution >= 4 is 11.9 Å². The van der Waals surface area contributed by atoms with Crippen LogP contribution in [-0.4, -0.2) is 19.0 Å². The third kappa shape index (κ3) is 5.14. The number of ether oxygens (including phenoxy) is 1. The highest BCUT2D eigenvalue weighted by Crippen LogP contribution is 1.87. The van der Waals surface area contributed by atoms with Crippen molar-refractivity contribution in [2.24, 2.45) is 0 Å². The van der Waals surface area contributed by atoms with Crippen molar-refractivity contribution in [2.75, 3.05) is 7.11 Å². The van der Waals surface area contributed by atoms with E-state index in [4.69, 9.17) is 0 Å². The zero-order valence-corrected chi connectivity index (χ0v) is 6.80. The first kappa shape index (κ1) is 9.68. The fourth-order valence-electron chi connectivity index (χ4n) is 0.553. The molecule has 0 saturated heterocycles. The molecule has 11 heavy (non-hydrogen) atoms. The summed E-state index contributed by atoms with van der Waals surface area (Å²) in [7, 11) is 1.26. The number of nitrogens with one attached hydrogen (secondary N) is 1. The van der Waals surface area contributed by atoms with E-state index in [0.717, 1.165) is 0 Å². The summed E-state index contributed by atoms with van der Waals surface area (Å²) in [6.07, 6.45) is 0.747. The van der Waals surface area contributed by atoms with Gasteiger partial charge in [-0.25, -0.2) is 4.79 Å². The molecule has 0 fully saturated rings. The summed E-state index contributed by atoms with van der Waals surface area (Å²) in [5, 5.41) is 2.34. The van der Waals surface area contributed by atoms with Crippen LogP contribution in [0.5, 0.6) is 0 Å². The quantitative estimate of drug-likeness (QED) is 0.604. The smallest absolute Gasteiger partial charge is 0.411 e. The number of carbonyl (C=O) groups excluding carboxylic acids is 2. The van der Waals surface area contributed by atoms with Gasteiger partial charge in [0.25, 0.3) is 0 Å². The van der Waals surface area contributed by atoms with Crippen molar-refractivity contribution in [3.05, 3.63) is 11.8 Å². The summed E-state index contributed by atoms with van der Waals surface area (Å²) in [6, 6.07) is 0. The molecule has 0 spiro atoms. The molecule has 0 aliphatic heterocycles. The van der Waals surface area contributed by atoms with Gasteiger partial charge in [-0.05, 0) is 19.9 Å². The highest BCUT2D eigenvalue weighted by molar-refractivity contribution is 5.88. The molecule has 1 amide bonds. The number of rotatable bonds is 2. The molecular formula is C7H11NO3. The Balaban J connectivity index is 3.96. The number of carbonyl (C=O) groups is 2. The number of hydrogen-bond donors (Lipinski definition) is 1. The van der Waals surface area contributed by atoms with Gasteiger partial charge >= 0.3 is 6.09 Å². The molecule has 1 N–H and O–H groups in total. The van der Waals surface area contributed by atoms with Gasteiger partial charge in [-0.15, -0.1) is 0 Å². The second kappa shape index (κ2) is 4.49. The van der Waals surface area contributed by atoms with E-state index in [2.05, 4.69) is 10.1 Å². The van der Waals surface area contributed by atoms with Crippen LogP contribution >= 0.6 is 0 Å². The van der Waals surface area contributed by atoms with Crippen LogP contribution in [0.4, 0.5) is 4.79 Å². The average molecular weight is 157 g/mol. The predicted molar refractivity (Wildman–Crippen MR) is 40.0 cm³/mol. The highest BCUT2D eigenvalue weighted by atomic mass is 16.5. The van der Waals surface area contributed by atoms with Crippen LogP contribution in [0, 0.1) is 0 Å². The number of amides is 1. The summed E-state index contributed by atoms with van der Waals surface area (Å²) in [5.74, 6) is -0.112. The molecule has 4 nitrogen and oxygen atoms in total. The van der Waals surface area contributed by atoms with Gasteiger partial charge in [0.1, 0.15) is 0 Å². The summed E-state index contributed by atoms with van der Waals surface area (Å²) in [6.45, 7) is 3.01. The van der Waals surface area contributed by atoms with E-state index in [1.54, 1.807) is 6.92 Å². The van der Waals surface area contributed by atoms with Gasteiger partial charge in [-0.2, -0.15) is 0 Å². The van der Waals surface area contributed by atoms with Gasteiger partial charge < -0.3 is 4.74 Å². The zero-order chi connectivity index (χ0) is 8.85. The lowest BCUT2D eigenvalue weighted by atomic mass is 10.3. The van der Waals surface area contributed by atoms with Crippen molar-refractivity contribution < 1.29 is 14.3 Å². The molecule has 0 aliphatic carbocycles. The predicted octanol–water partition coefficient (Wildman–Crippen LogP) is 0.835. The number of methoxy groups -OCH3 is 1. The lowest BCUT2D eigenvalue weighted by Crippen LogP contribution is -2.21. The summed E-state index contributed by atoms with van der Waals surface area (Å²) in [5.41, 5.74) is 0.476. The first-order valence-electron chi connectivity index (χ1n) is 3.10. The van der Waals surface area contributed by atoms with E-state index < -0.39 is 6.09 Å².